The van der Waals surface area contributed by atoms with Crippen LogP contribution >= 0.6 is 11.3 Å². The summed E-state index contributed by atoms with van der Waals surface area (Å²) in [6.07, 6.45) is 3.94. The summed E-state index contributed by atoms with van der Waals surface area (Å²) in [5, 5.41) is 14.4. The van der Waals surface area contributed by atoms with Crippen molar-refractivity contribution in [1.82, 2.24) is 15.0 Å². The molecule has 0 aliphatic rings. The van der Waals surface area contributed by atoms with Gasteiger partial charge in [0.25, 0.3) is 5.91 Å². The molecule has 6 nitrogen and oxygen atoms in total. The van der Waals surface area contributed by atoms with E-state index < -0.39 is 5.91 Å². The standard InChI is InChI=1S/C23H17N5OS/c1-2-15-7-9-16(10-8-15)21-14-30-23(27-21)28-22(29)17(12-24)11-18-13-25-19-5-3-4-6-20(19)26-18/h3-11,13-14H,2H2,1H3,(H,27,28,29)/b17-11+. The van der Waals surface area contributed by atoms with Crippen molar-refractivity contribution in [2.45, 2.75) is 13.3 Å². The lowest BCUT2D eigenvalue weighted by Gasteiger charge is -2.02. The van der Waals surface area contributed by atoms with Gasteiger partial charge in [-0.1, -0.05) is 43.3 Å². The van der Waals surface area contributed by atoms with Crippen LogP contribution in [0.4, 0.5) is 5.13 Å². The van der Waals surface area contributed by atoms with Crippen molar-refractivity contribution < 1.29 is 4.79 Å². The van der Waals surface area contributed by atoms with Crippen LogP contribution in [-0.2, 0) is 11.2 Å². The van der Waals surface area contributed by atoms with Crippen LogP contribution in [0.3, 0.4) is 0 Å². The maximum absolute atomic E-state index is 12.6. The number of nitriles is 1. The normalized spacial score (nSPS) is 11.3. The Morgan fingerprint density at radius 3 is 2.63 bits per heavy atom. The average molecular weight is 411 g/mol. The monoisotopic (exact) mass is 411 g/mol. The van der Waals surface area contributed by atoms with Crippen LogP contribution in [0.5, 0.6) is 0 Å². The molecule has 30 heavy (non-hydrogen) atoms. The van der Waals surface area contributed by atoms with E-state index >= 15 is 0 Å². The first-order chi connectivity index (χ1) is 14.7. The maximum atomic E-state index is 12.6. The Labute approximate surface area is 177 Å². The van der Waals surface area contributed by atoms with E-state index in [4.69, 9.17) is 0 Å². The van der Waals surface area contributed by atoms with Crippen molar-refractivity contribution in [2.75, 3.05) is 5.32 Å². The van der Waals surface area contributed by atoms with Gasteiger partial charge in [0.1, 0.15) is 11.6 Å². The van der Waals surface area contributed by atoms with Gasteiger partial charge >= 0.3 is 0 Å². The van der Waals surface area contributed by atoms with Gasteiger partial charge in [0.15, 0.2) is 5.13 Å². The molecular weight excluding hydrogens is 394 g/mol. The zero-order valence-electron chi connectivity index (χ0n) is 16.2. The number of aryl methyl sites for hydroxylation is 1. The zero-order valence-corrected chi connectivity index (χ0v) is 17.0. The number of nitrogens with one attached hydrogen (secondary N) is 1. The lowest BCUT2D eigenvalue weighted by Crippen LogP contribution is -2.13. The maximum Gasteiger partial charge on any atom is 0.268 e. The van der Waals surface area contributed by atoms with E-state index in [0.29, 0.717) is 16.3 Å². The Morgan fingerprint density at radius 2 is 1.90 bits per heavy atom. The van der Waals surface area contributed by atoms with Gasteiger partial charge in [-0.2, -0.15) is 5.26 Å². The molecule has 0 saturated carbocycles. The predicted molar refractivity (Wildman–Crippen MR) is 119 cm³/mol. The lowest BCUT2D eigenvalue weighted by molar-refractivity contribution is -0.112. The van der Waals surface area contributed by atoms with Crippen molar-refractivity contribution >= 4 is 39.5 Å². The van der Waals surface area contributed by atoms with Crippen molar-refractivity contribution in [2.24, 2.45) is 0 Å². The lowest BCUT2D eigenvalue weighted by atomic mass is 10.1. The van der Waals surface area contributed by atoms with Gasteiger partial charge < -0.3 is 0 Å². The van der Waals surface area contributed by atoms with Gasteiger partial charge in [-0.05, 0) is 30.2 Å². The van der Waals surface area contributed by atoms with Crippen LogP contribution in [0.2, 0.25) is 0 Å². The van der Waals surface area contributed by atoms with Gasteiger partial charge in [0, 0.05) is 10.9 Å². The minimum Gasteiger partial charge on any atom is -0.297 e. The van der Waals surface area contributed by atoms with E-state index in [1.54, 1.807) is 0 Å². The molecule has 0 radical (unpaired) electrons. The van der Waals surface area contributed by atoms with E-state index in [0.717, 1.165) is 23.2 Å². The molecule has 0 spiro atoms. The van der Waals surface area contributed by atoms with Crippen LogP contribution in [0.1, 0.15) is 18.2 Å². The molecule has 4 aromatic rings. The molecule has 2 heterocycles. The highest BCUT2D eigenvalue weighted by Crippen LogP contribution is 2.25. The van der Waals surface area contributed by atoms with Crippen LogP contribution < -0.4 is 5.32 Å². The largest absolute Gasteiger partial charge is 0.297 e. The SMILES string of the molecule is CCc1ccc(-c2csc(NC(=O)/C(C#N)=C/c3cnc4ccccc4n3)n2)cc1. The number of nitrogens with zero attached hydrogens (tertiary/aromatic N) is 4. The summed E-state index contributed by atoms with van der Waals surface area (Å²) < 4.78 is 0. The third kappa shape index (κ3) is 4.24. The van der Waals surface area contributed by atoms with Crippen molar-refractivity contribution in [3.05, 3.63) is 76.9 Å². The molecule has 0 atom stereocenters. The smallest absolute Gasteiger partial charge is 0.268 e. The van der Waals surface area contributed by atoms with E-state index in [9.17, 15) is 10.1 Å². The summed E-state index contributed by atoms with van der Waals surface area (Å²) in [5.41, 5.74) is 4.83. The summed E-state index contributed by atoms with van der Waals surface area (Å²) >= 11 is 1.31. The first-order valence-corrected chi connectivity index (χ1v) is 10.2. The summed E-state index contributed by atoms with van der Waals surface area (Å²) in [5.74, 6) is -0.533. The van der Waals surface area contributed by atoms with Gasteiger partial charge in [-0.3, -0.25) is 15.1 Å². The third-order valence-corrected chi connectivity index (χ3v) is 5.26. The minimum absolute atomic E-state index is 0.0661. The van der Waals surface area contributed by atoms with Gasteiger partial charge in [0.2, 0.25) is 0 Å². The second kappa shape index (κ2) is 8.64. The second-order valence-corrected chi connectivity index (χ2v) is 7.35. The van der Waals surface area contributed by atoms with Gasteiger partial charge in [-0.15, -0.1) is 11.3 Å². The number of amides is 1. The Hall–Kier alpha value is -3.89. The molecule has 0 saturated heterocycles. The molecule has 146 valence electrons. The fraction of sp³-hybridized carbons (Fsp3) is 0.0870. The van der Waals surface area contributed by atoms with Crippen LogP contribution in [-0.4, -0.2) is 20.9 Å². The topological polar surface area (TPSA) is 91.6 Å². The number of rotatable bonds is 5. The highest BCUT2D eigenvalue weighted by Gasteiger charge is 2.13. The highest BCUT2D eigenvalue weighted by molar-refractivity contribution is 7.14. The summed E-state index contributed by atoms with van der Waals surface area (Å²) in [6, 6.07) is 17.5. The molecule has 1 amide bonds. The number of hydrogen-bond donors (Lipinski definition) is 1. The fourth-order valence-corrected chi connectivity index (χ4v) is 3.59. The van der Waals surface area contributed by atoms with Crippen LogP contribution in [0, 0.1) is 11.3 Å². The molecule has 1 N–H and O–H groups in total. The third-order valence-electron chi connectivity index (χ3n) is 4.51. The molecule has 0 fully saturated rings. The predicted octanol–water partition coefficient (Wildman–Crippen LogP) is 4.86. The average Bonchev–Trinajstić information content (AvgIpc) is 3.25. The Balaban J connectivity index is 1.52. The number of para-hydroxylation sites is 2. The number of aromatic nitrogens is 3. The van der Waals surface area contributed by atoms with Gasteiger partial charge in [0.05, 0.1) is 28.6 Å². The Kier molecular flexibility index (Phi) is 5.59. The minimum atomic E-state index is -0.533. The molecular formula is C23H17N5OS. The van der Waals surface area contributed by atoms with E-state index in [-0.39, 0.29) is 5.57 Å². The van der Waals surface area contributed by atoms with Crippen LogP contribution in [0.25, 0.3) is 28.4 Å². The number of anilines is 1. The van der Waals surface area contributed by atoms with Crippen molar-refractivity contribution in [3.8, 4) is 17.3 Å². The summed E-state index contributed by atoms with van der Waals surface area (Å²) in [6.45, 7) is 2.11. The number of benzene rings is 2. The molecule has 7 heteroatoms. The molecule has 0 aliphatic carbocycles. The molecule has 0 bridgehead atoms. The van der Waals surface area contributed by atoms with E-state index in [2.05, 4.69) is 39.3 Å². The molecule has 2 aromatic carbocycles. The number of carbonyl (C=O) groups excluding carboxylic acids is 1. The van der Waals surface area contributed by atoms with Gasteiger partial charge in [-0.25, -0.2) is 9.97 Å². The number of fused-ring (bicyclic) bond motifs is 1. The van der Waals surface area contributed by atoms with E-state index in [1.165, 1.54) is 29.2 Å². The zero-order chi connectivity index (χ0) is 20.9. The summed E-state index contributed by atoms with van der Waals surface area (Å²) in [4.78, 5) is 25.7. The number of thiazole rings is 1. The molecule has 4 rings (SSSR count). The first-order valence-electron chi connectivity index (χ1n) is 9.36. The number of hydrogen-bond acceptors (Lipinski definition) is 6. The summed E-state index contributed by atoms with van der Waals surface area (Å²) in [7, 11) is 0. The molecule has 0 aliphatic heterocycles. The van der Waals surface area contributed by atoms with Crippen LogP contribution in [0.15, 0.2) is 65.7 Å². The fourth-order valence-electron chi connectivity index (χ4n) is 2.88. The quantitative estimate of drug-likeness (QED) is 0.374. The first kappa shape index (κ1) is 19.4. The van der Waals surface area contributed by atoms with Crippen molar-refractivity contribution in [1.29, 1.82) is 5.26 Å². The Bertz CT molecular complexity index is 1280. The Morgan fingerprint density at radius 1 is 1.13 bits per heavy atom. The second-order valence-electron chi connectivity index (χ2n) is 6.50. The van der Waals surface area contributed by atoms with E-state index in [1.807, 2.05) is 47.8 Å². The molecule has 2 aromatic heterocycles. The molecule has 0 unspecified atom stereocenters. The van der Waals surface area contributed by atoms with Crippen molar-refractivity contribution in [3.63, 3.8) is 0 Å². The number of carbonyl (C=O) groups is 1. The highest BCUT2D eigenvalue weighted by atomic mass is 32.1.